The average molecular weight is 187 g/mol. The predicted octanol–water partition coefficient (Wildman–Crippen LogP) is -0.920. The van der Waals surface area contributed by atoms with Gasteiger partial charge in [-0.15, -0.1) is 0 Å². The SMILES string of the molecule is NC(=O)C1CCN(CC(N)=S)C1. The summed E-state index contributed by atoms with van der Waals surface area (Å²) in [4.78, 5) is 13.3. The number of amides is 1. The van der Waals surface area contributed by atoms with E-state index >= 15 is 0 Å². The molecule has 1 aliphatic heterocycles. The van der Waals surface area contributed by atoms with E-state index < -0.39 is 0 Å². The zero-order valence-electron chi connectivity index (χ0n) is 6.82. The van der Waals surface area contributed by atoms with Gasteiger partial charge in [-0.1, -0.05) is 12.2 Å². The molecule has 1 aliphatic rings. The molecule has 4 nitrogen and oxygen atoms in total. The summed E-state index contributed by atoms with van der Waals surface area (Å²) in [7, 11) is 0. The first-order chi connectivity index (χ1) is 5.59. The van der Waals surface area contributed by atoms with E-state index in [4.69, 9.17) is 23.7 Å². The quantitative estimate of drug-likeness (QED) is 0.560. The van der Waals surface area contributed by atoms with Gasteiger partial charge in [0.15, 0.2) is 0 Å². The van der Waals surface area contributed by atoms with Gasteiger partial charge in [0.05, 0.1) is 10.9 Å². The van der Waals surface area contributed by atoms with Gasteiger partial charge in [0.25, 0.3) is 0 Å². The lowest BCUT2D eigenvalue weighted by atomic mass is 10.1. The van der Waals surface area contributed by atoms with Crippen LogP contribution in [-0.4, -0.2) is 35.4 Å². The van der Waals surface area contributed by atoms with Crippen LogP contribution in [-0.2, 0) is 4.79 Å². The molecule has 1 amide bonds. The second-order valence-corrected chi connectivity index (χ2v) is 3.61. The molecule has 12 heavy (non-hydrogen) atoms. The Bertz CT molecular complexity index is 207. The molecule has 1 saturated heterocycles. The van der Waals surface area contributed by atoms with E-state index in [1.165, 1.54) is 0 Å². The Kier molecular flexibility index (Phi) is 2.99. The highest BCUT2D eigenvalue weighted by atomic mass is 32.1. The van der Waals surface area contributed by atoms with Gasteiger partial charge in [-0.25, -0.2) is 0 Å². The topological polar surface area (TPSA) is 72.4 Å². The van der Waals surface area contributed by atoms with E-state index in [1.54, 1.807) is 0 Å². The van der Waals surface area contributed by atoms with E-state index in [0.717, 1.165) is 13.0 Å². The first-order valence-electron chi connectivity index (χ1n) is 3.89. The van der Waals surface area contributed by atoms with Crippen LogP contribution in [0.2, 0.25) is 0 Å². The smallest absolute Gasteiger partial charge is 0.221 e. The molecule has 0 aliphatic carbocycles. The molecular formula is C7H13N3OS. The summed E-state index contributed by atoms with van der Waals surface area (Å²) in [6, 6.07) is 0. The number of carbonyl (C=O) groups excluding carboxylic acids is 1. The molecule has 0 bridgehead atoms. The van der Waals surface area contributed by atoms with E-state index in [0.29, 0.717) is 18.1 Å². The Hall–Kier alpha value is -0.680. The highest BCUT2D eigenvalue weighted by Crippen LogP contribution is 2.14. The molecule has 5 heteroatoms. The Labute approximate surface area is 76.9 Å². The van der Waals surface area contributed by atoms with Gasteiger partial charge in [-0.3, -0.25) is 9.69 Å². The molecule has 1 atom stereocenters. The van der Waals surface area contributed by atoms with Crippen LogP contribution < -0.4 is 11.5 Å². The van der Waals surface area contributed by atoms with Crippen LogP contribution in [0.15, 0.2) is 0 Å². The molecule has 0 radical (unpaired) electrons. The van der Waals surface area contributed by atoms with Gasteiger partial charge in [-0.2, -0.15) is 0 Å². The summed E-state index contributed by atoms with van der Waals surface area (Å²) in [6.07, 6.45) is 0.831. The Morgan fingerprint density at radius 2 is 2.25 bits per heavy atom. The van der Waals surface area contributed by atoms with Crippen LogP contribution >= 0.6 is 12.2 Å². The molecule has 68 valence electrons. The molecule has 0 aromatic rings. The van der Waals surface area contributed by atoms with Crippen molar-refractivity contribution in [1.82, 2.24) is 4.90 Å². The highest BCUT2D eigenvalue weighted by molar-refractivity contribution is 7.80. The van der Waals surface area contributed by atoms with Gasteiger partial charge >= 0.3 is 0 Å². The van der Waals surface area contributed by atoms with Crippen molar-refractivity contribution in [3.63, 3.8) is 0 Å². The normalized spacial score (nSPS) is 24.2. The Morgan fingerprint density at radius 3 is 2.67 bits per heavy atom. The zero-order valence-corrected chi connectivity index (χ0v) is 7.64. The van der Waals surface area contributed by atoms with E-state index in [9.17, 15) is 4.79 Å². The molecular weight excluding hydrogens is 174 g/mol. The summed E-state index contributed by atoms with van der Waals surface area (Å²) in [5.74, 6) is -0.236. The molecule has 1 fully saturated rings. The fourth-order valence-electron chi connectivity index (χ4n) is 1.43. The summed E-state index contributed by atoms with van der Waals surface area (Å²) in [5, 5.41) is 0. The minimum atomic E-state index is -0.222. The number of hydrogen-bond donors (Lipinski definition) is 2. The zero-order chi connectivity index (χ0) is 9.14. The summed E-state index contributed by atoms with van der Waals surface area (Å²) in [6.45, 7) is 2.16. The van der Waals surface area contributed by atoms with Gasteiger partial charge in [0.2, 0.25) is 5.91 Å². The third-order valence-electron chi connectivity index (χ3n) is 2.05. The van der Waals surface area contributed by atoms with Crippen LogP contribution in [0.5, 0.6) is 0 Å². The van der Waals surface area contributed by atoms with Crippen molar-refractivity contribution in [2.75, 3.05) is 19.6 Å². The molecule has 0 saturated carbocycles. The molecule has 0 spiro atoms. The lowest BCUT2D eigenvalue weighted by Gasteiger charge is -2.13. The number of hydrogen-bond acceptors (Lipinski definition) is 3. The van der Waals surface area contributed by atoms with Crippen LogP contribution in [0.4, 0.5) is 0 Å². The Balaban J connectivity index is 2.35. The minimum Gasteiger partial charge on any atom is -0.392 e. The van der Waals surface area contributed by atoms with Crippen molar-refractivity contribution >= 4 is 23.1 Å². The molecule has 1 unspecified atom stereocenters. The van der Waals surface area contributed by atoms with Crippen molar-refractivity contribution in [2.45, 2.75) is 6.42 Å². The van der Waals surface area contributed by atoms with Gasteiger partial charge in [0, 0.05) is 13.1 Å². The lowest BCUT2D eigenvalue weighted by Crippen LogP contribution is -2.32. The number of nitrogens with zero attached hydrogens (tertiary/aromatic N) is 1. The number of primary amides is 1. The number of nitrogens with two attached hydrogens (primary N) is 2. The van der Waals surface area contributed by atoms with Crippen molar-refractivity contribution in [2.24, 2.45) is 17.4 Å². The first-order valence-corrected chi connectivity index (χ1v) is 4.30. The number of carbonyl (C=O) groups is 1. The van der Waals surface area contributed by atoms with Crippen LogP contribution in [0.25, 0.3) is 0 Å². The molecule has 0 aromatic carbocycles. The summed E-state index contributed by atoms with van der Waals surface area (Å²) < 4.78 is 0. The predicted molar refractivity (Wildman–Crippen MR) is 50.5 cm³/mol. The van der Waals surface area contributed by atoms with Crippen LogP contribution in [0.3, 0.4) is 0 Å². The first kappa shape index (κ1) is 9.41. The van der Waals surface area contributed by atoms with Gasteiger partial charge < -0.3 is 11.5 Å². The number of rotatable bonds is 3. The third kappa shape index (κ3) is 2.42. The molecule has 0 aromatic heterocycles. The number of thiocarbonyl (C=S) groups is 1. The maximum absolute atomic E-state index is 10.8. The van der Waals surface area contributed by atoms with Crippen molar-refractivity contribution in [3.8, 4) is 0 Å². The van der Waals surface area contributed by atoms with Gasteiger partial charge in [0.1, 0.15) is 0 Å². The van der Waals surface area contributed by atoms with E-state index in [2.05, 4.69) is 4.90 Å². The highest BCUT2D eigenvalue weighted by Gasteiger charge is 2.26. The van der Waals surface area contributed by atoms with E-state index in [-0.39, 0.29) is 11.8 Å². The lowest BCUT2D eigenvalue weighted by molar-refractivity contribution is -0.121. The second kappa shape index (κ2) is 3.82. The summed E-state index contributed by atoms with van der Waals surface area (Å²) in [5.41, 5.74) is 10.5. The van der Waals surface area contributed by atoms with Crippen molar-refractivity contribution in [1.29, 1.82) is 0 Å². The standard InChI is InChI=1S/C7H13N3OS/c8-6(12)4-10-2-1-5(3-10)7(9)11/h5H,1-4H2,(H2,8,12)(H2,9,11). The molecule has 1 rings (SSSR count). The monoisotopic (exact) mass is 187 g/mol. The maximum atomic E-state index is 10.8. The van der Waals surface area contributed by atoms with Crippen LogP contribution in [0, 0.1) is 5.92 Å². The maximum Gasteiger partial charge on any atom is 0.221 e. The van der Waals surface area contributed by atoms with Crippen LogP contribution in [0.1, 0.15) is 6.42 Å². The number of likely N-dealkylation sites (tertiary alicyclic amines) is 1. The third-order valence-corrected chi connectivity index (χ3v) is 2.18. The molecule has 1 heterocycles. The largest absolute Gasteiger partial charge is 0.392 e. The van der Waals surface area contributed by atoms with E-state index in [1.807, 2.05) is 0 Å². The average Bonchev–Trinajstić information content (AvgIpc) is 2.34. The van der Waals surface area contributed by atoms with Crippen molar-refractivity contribution < 1.29 is 4.79 Å². The van der Waals surface area contributed by atoms with Gasteiger partial charge in [-0.05, 0) is 13.0 Å². The fourth-order valence-corrected chi connectivity index (χ4v) is 1.61. The fraction of sp³-hybridized carbons (Fsp3) is 0.714. The molecule has 4 N–H and O–H groups in total. The Morgan fingerprint density at radius 1 is 1.58 bits per heavy atom. The second-order valence-electron chi connectivity index (χ2n) is 3.09. The van der Waals surface area contributed by atoms with Crippen molar-refractivity contribution in [3.05, 3.63) is 0 Å². The minimum absolute atomic E-state index is 0.0145. The summed E-state index contributed by atoms with van der Waals surface area (Å²) >= 11 is 4.76.